The second-order valence-electron chi connectivity index (χ2n) is 7.54. The lowest BCUT2D eigenvalue weighted by Crippen LogP contribution is -2.40. The molecule has 0 saturated heterocycles. The van der Waals surface area contributed by atoms with E-state index in [-0.39, 0.29) is 6.10 Å². The molecule has 0 spiro atoms. The fraction of sp³-hybridized carbons (Fsp3) is 0.714. The number of hydrogen-bond donors (Lipinski definition) is 0. The first-order valence-corrected chi connectivity index (χ1v) is 14.0. The Bertz CT molecular complexity index is 545. The Balaban J connectivity index is 2.29. The van der Waals surface area contributed by atoms with Gasteiger partial charge in [0.25, 0.3) is 0 Å². The Hall–Kier alpha value is -0.0331. The molecule has 0 radical (unpaired) electrons. The molecule has 0 bridgehead atoms. The topological polar surface area (TPSA) is 18.5 Å². The minimum atomic E-state index is -1.76. The fourth-order valence-corrected chi connectivity index (χ4v) is 9.70. The summed E-state index contributed by atoms with van der Waals surface area (Å²) < 4.78 is 14.0. The highest BCUT2D eigenvalue weighted by Crippen LogP contribution is 2.44. The molecule has 148 valence electrons. The summed E-state index contributed by atoms with van der Waals surface area (Å²) in [5.41, 5.74) is 1.14. The van der Waals surface area contributed by atoms with Crippen molar-refractivity contribution < 1.29 is 9.16 Å². The third-order valence-corrected chi connectivity index (χ3v) is 10.7. The van der Waals surface area contributed by atoms with Gasteiger partial charge in [0.15, 0.2) is 8.32 Å². The highest BCUT2D eigenvalue weighted by molar-refractivity contribution is 9.10. The summed E-state index contributed by atoms with van der Waals surface area (Å²) >= 11 is 10.0. The first-order valence-electron chi connectivity index (χ1n) is 10.3. The number of hydrogen-bond acceptors (Lipinski definition) is 2. The summed E-state index contributed by atoms with van der Waals surface area (Å²) in [7, 11) is -1.76. The van der Waals surface area contributed by atoms with Gasteiger partial charge in [0.1, 0.15) is 5.75 Å². The van der Waals surface area contributed by atoms with Crippen molar-refractivity contribution in [3.63, 3.8) is 0 Å². The number of halogens is 2. The summed E-state index contributed by atoms with van der Waals surface area (Å²) in [6.45, 7) is 7.57. The van der Waals surface area contributed by atoms with Crippen LogP contribution in [0.5, 0.6) is 5.75 Å². The van der Waals surface area contributed by atoms with Crippen molar-refractivity contribution in [3.05, 3.63) is 27.2 Å². The van der Waals surface area contributed by atoms with Gasteiger partial charge in [-0.25, -0.2) is 0 Å². The summed E-state index contributed by atoms with van der Waals surface area (Å²) in [6.07, 6.45) is 8.66. The van der Waals surface area contributed by atoms with Crippen LogP contribution >= 0.6 is 27.5 Å². The molecule has 1 aliphatic heterocycles. The van der Waals surface area contributed by atoms with Gasteiger partial charge < -0.3 is 9.16 Å². The second kappa shape index (κ2) is 11.1. The van der Waals surface area contributed by atoms with Gasteiger partial charge in [-0.1, -0.05) is 86.8 Å². The number of unbranched alkanes of at least 4 members (excludes halogenated alkanes) is 3. The van der Waals surface area contributed by atoms with Crippen LogP contribution < -0.4 is 4.74 Å². The van der Waals surface area contributed by atoms with Gasteiger partial charge in [0.05, 0.1) is 17.7 Å². The summed E-state index contributed by atoms with van der Waals surface area (Å²) in [6, 6.07) is 7.93. The zero-order valence-electron chi connectivity index (χ0n) is 16.6. The van der Waals surface area contributed by atoms with Crippen molar-refractivity contribution in [1.29, 1.82) is 0 Å². The minimum absolute atomic E-state index is 0.131. The number of rotatable bonds is 11. The van der Waals surface area contributed by atoms with Gasteiger partial charge in [-0.15, -0.1) is 0 Å². The van der Waals surface area contributed by atoms with E-state index in [9.17, 15) is 0 Å². The van der Waals surface area contributed by atoms with E-state index in [2.05, 4.69) is 42.8 Å². The predicted octanol–water partition coefficient (Wildman–Crippen LogP) is 8.29. The predicted molar refractivity (Wildman–Crippen MR) is 118 cm³/mol. The van der Waals surface area contributed by atoms with Crippen LogP contribution in [-0.4, -0.2) is 14.9 Å². The highest BCUT2D eigenvalue weighted by Gasteiger charge is 2.38. The Labute approximate surface area is 174 Å². The molecule has 2 nitrogen and oxygen atoms in total. The molecule has 5 heteroatoms. The Morgan fingerprint density at radius 2 is 1.65 bits per heavy atom. The smallest absolute Gasteiger partial charge is 0.193 e. The van der Waals surface area contributed by atoms with E-state index < -0.39 is 8.32 Å². The van der Waals surface area contributed by atoms with Crippen LogP contribution in [0.3, 0.4) is 0 Å². The zero-order chi connectivity index (χ0) is 19.0. The average Bonchev–Trinajstić information content (AvgIpc) is 2.63. The van der Waals surface area contributed by atoms with Gasteiger partial charge in [0, 0.05) is 16.5 Å². The fourth-order valence-electron chi connectivity index (χ4n) is 3.87. The molecule has 1 aromatic rings. The van der Waals surface area contributed by atoms with Crippen molar-refractivity contribution in [1.82, 2.24) is 0 Å². The molecule has 0 fully saturated rings. The van der Waals surface area contributed by atoms with E-state index in [4.69, 9.17) is 20.8 Å². The average molecular weight is 462 g/mol. The first kappa shape index (κ1) is 22.3. The van der Waals surface area contributed by atoms with Gasteiger partial charge >= 0.3 is 0 Å². The lowest BCUT2D eigenvalue weighted by molar-refractivity contribution is 0.124. The lowest BCUT2D eigenvalue weighted by atomic mass is 10.0. The van der Waals surface area contributed by atoms with Gasteiger partial charge in [-0.05, 0) is 30.3 Å². The molecule has 0 aliphatic carbocycles. The molecular formula is C21H34BrClO2Si. The summed E-state index contributed by atoms with van der Waals surface area (Å²) in [4.78, 5) is 0. The van der Waals surface area contributed by atoms with Crippen LogP contribution in [0.1, 0.15) is 77.4 Å². The van der Waals surface area contributed by atoms with E-state index in [0.29, 0.717) is 11.6 Å². The van der Waals surface area contributed by atoms with Crippen LogP contribution in [0.25, 0.3) is 0 Å². The molecule has 1 aliphatic rings. The van der Waals surface area contributed by atoms with Crippen molar-refractivity contribution in [2.45, 2.75) is 90.0 Å². The maximum atomic E-state index is 7.10. The van der Waals surface area contributed by atoms with E-state index in [0.717, 1.165) is 22.2 Å². The minimum Gasteiger partial charge on any atom is -0.492 e. The van der Waals surface area contributed by atoms with E-state index in [1.807, 2.05) is 6.07 Å². The van der Waals surface area contributed by atoms with E-state index >= 15 is 0 Å². The van der Waals surface area contributed by atoms with E-state index in [1.165, 1.54) is 56.7 Å². The quantitative estimate of drug-likeness (QED) is 0.308. The van der Waals surface area contributed by atoms with Gasteiger partial charge in [-0.2, -0.15) is 0 Å². The van der Waals surface area contributed by atoms with Crippen LogP contribution in [0, 0.1) is 0 Å². The number of fused-ring (bicyclic) bond motifs is 1. The number of benzene rings is 1. The largest absolute Gasteiger partial charge is 0.492 e. The third kappa shape index (κ3) is 5.98. The normalized spacial score (nSPS) is 17.0. The van der Waals surface area contributed by atoms with Crippen LogP contribution in [0.15, 0.2) is 16.6 Å². The van der Waals surface area contributed by atoms with Gasteiger partial charge in [-0.3, -0.25) is 0 Å². The standard InChI is InChI=1S/C21H34BrClO2Si/c1-4-7-12-26(13-8-5-2,14-9-6-3)25-20-10-11-24-21-18(20)15-17(22)16-19(21)23/h15-16,20H,4-14H2,1-3H3/t20-/m0/s1. The van der Waals surface area contributed by atoms with Crippen molar-refractivity contribution in [2.75, 3.05) is 6.61 Å². The Morgan fingerprint density at radius 1 is 1.08 bits per heavy atom. The molecular weight excluding hydrogens is 428 g/mol. The van der Waals surface area contributed by atoms with Gasteiger partial charge in [0.2, 0.25) is 0 Å². The maximum Gasteiger partial charge on any atom is 0.193 e. The molecule has 1 atom stereocenters. The van der Waals surface area contributed by atoms with Crippen molar-refractivity contribution in [2.24, 2.45) is 0 Å². The Kier molecular flexibility index (Phi) is 9.49. The molecule has 0 amide bonds. The first-order chi connectivity index (χ1) is 12.5. The summed E-state index contributed by atoms with van der Waals surface area (Å²) in [5.74, 6) is 0.829. The van der Waals surface area contributed by atoms with E-state index in [1.54, 1.807) is 0 Å². The maximum absolute atomic E-state index is 7.10. The molecule has 0 aromatic heterocycles. The lowest BCUT2D eigenvalue weighted by Gasteiger charge is -2.38. The highest BCUT2D eigenvalue weighted by atomic mass is 79.9. The molecule has 0 unspecified atom stereocenters. The van der Waals surface area contributed by atoms with Crippen molar-refractivity contribution >= 4 is 35.8 Å². The van der Waals surface area contributed by atoms with Crippen molar-refractivity contribution in [3.8, 4) is 5.75 Å². The third-order valence-electron chi connectivity index (χ3n) is 5.36. The zero-order valence-corrected chi connectivity index (χ0v) is 19.9. The second-order valence-corrected chi connectivity index (χ2v) is 13.0. The summed E-state index contributed by atoms with van der Waals surface area (Å²) in [5, 5.41) is 0.686. The molecule has 0 N–H and O–H groups in total. The van der Waals surface area contributed by atoms with Crippen LogP contribution in [-0.2, 0) is 4.43 Å². The molecule has 2 rings (SSSR count). The molecule has 26 heavy (non-hydrogen) atoms. The molecule has 1 heterocycles. The SMILES string of the molecule is CCCC[Si](CCCC)(CCCC)O[C@H]1CCOc2c(Cl)cc(Br)cc21. The van der Waals surface area contributed by atoms with Crippen LogP contribution in [0.2, 0.25) is 23.2 Å². The number of ether oxygens (including phenoxy) is 1. The van der Waals surface area contributed by atoms with Crippen LogP contribution in [0.4, 0.5) is 0 Å². The monoisotopic (exact) mass is 460 g/mol. The molecule has 1 aromatic carbocycles. The molecule has 0 saturated carbocycles. The Morgan fingerprint density at radius 3 is 2.19 bits per heavy atom.